The van der Waals surface area contributed by atoms with Gasteiger partial charge in [0.1, 0.15) is 5.75 Å². The molecule has 0 aliphatic carbocycles. The number of rotatable bonds is 8. The smallest absolute Gasteiger partial charge is 0.239 e. The first kappa shape index (κ1) is 16.5. The number of hydrogen-bond acceptors (Lipinski definition) is 4. The van der Waals surface area contributed by atoms with E-state index in [9.17, 15) is 9.90 Å². The van der Waals surface area contributed by atoms with Gasteiger partial charge in [0.25, 0.3) is 0 Å². The number of hydrogen-bond donors (Lipinski definition) is 3. The largest absolute Gasteiger partial charge is 0.508 e. The highest BCUT2D eigenvalue weighted by Crippen LogP contribution is 2.11. The molecule has 5 heteroatoms. The third-order valence-corrected chi connectivity index (χ3v) is 3.17. The summed E-state index contributed by atoms with van der Waals surface area (Å²) in [6, 6.07) is 6.04. The van der Waals surface area contributed by atoms with Gasteiger partial charge in [0.15, 0.2) is 0 Å². The van der Waals surface area contributed by atoms with Gasteiger partial charge in [0, 0.05) is 13.1 Å². The second-order valence-electron chi connectivity index (χ2n) is 4.88. The van der Waals surface area contributed by atoms with Crippen molar-refractivity contribution in [1.82, 2.24) is 4.90 Å². The van der Waals surface area contributed by atoms with E-state index in [0.29, 0.717) is 19.5 Å². The molecule has 0 radical (unpaired) electrons. The molecule has 0 saturated carbocycles. The lowest BCUT2D eigenvalue weighted by Gasteiger charge is -2.25. The second kappa shape index (κ2) is 8.55. The van der Waals surface area contributed by atoms with E-state index < -0.39 is 6.04 Å². The van der Waals surface area contributed by atoms with Gasteiger partial charge in [-0.1, -0.05) is 25.5 Å². The lowest BCUT2D eigenvalue weighted by molar-refractivity contribution is -0.133. The fourth-order valence-corrected chi connectivity index (χ4v) is 2.01. The van der Waals surface area contributed by atoms with Crippen molar-refractivity contribution in [3.05, 3.63) is 29.8 Å². The third-order valence-electron chi connectivity index (χ3n) is 3.17. The normalized spacial score (nSPS) is 12.2. The van der Waals surface area contributed by atoms with Crippen LogP contribution in [0.1, 0.15) is 25.3 Å². The summed E-state index contributed by atoms with van der Waals surface area (Å²) in [5.74, 6) is 0.0547. The van der Waals surface area contributed by atoms with E-state index in [0.717, 1.165) is 18.4 Å². The molecule has 0 unspecified atom stereocenters. The summed E-state index contributed by atoms with van der Waals surface area (Å²) in [5.41, 5.74) is 6.86. The molecule has 0 saturated heterocycles. The van der Waals surface area contributed by atoms with E-state index in [1.54, 1.807) is 29.2 Å². The van der Waals surface area contributed by atoms with Gasteiger partial charge in [-0.15, -0.1) is 0 Å². The number of benzene rings is 1. The highest BCUT2D eigenvalue weighted by molar-refractivity contribution is 5.82. The van der Waals surface area contributed by atoms with E-state index in [-0.39, 0.29) is 18.3 Å². The molecule has 0 aliphatic rings. The number of nitrogens with two attached hydrogens (primary N) is 1. The van der Waals surface area contributed by atoms with E-state index in [2.05, 4.69) is 6.92 Å². The molecular formula is C15H24N2O3. The van der Waals surface area contributed by atoms with Gasteiger partial charge in [0.2, 0.25) is 5.91 Å². The Labute approximate surface area is 120 Å². The quantitative estimate of drug-likeness (QED) is 0.660. The number of aliphatic hydroxyl groups excluding tert-OH is 1. The predicted octanol–water partition coefficient (Wildman–Crippen LogP) is 0.883. The van der Waals surface area contributed by atoms with Crippen molar-refractivity contribution in [1.29, 1.82) is 0 Å². The van der Waals surface area contributed by atoms with Crippen LogP contribution in [0.2, 0.25) is 0 Å². The number of phenols is 1. The average Bonchev–Trinajstić information content (AvgIpc) is 2.45. The summed E-state index contributed by atoms with van der Waals surface area (Å²) < 4.78 is 0. The number of aromatic hydroxyl groups is 1. The molecule has 1 rings (SSSR count). The van der Waals surface area contributed by atoms with Crippen LogP contribution < -0.4 is 5.73 Å². The highest BCUT2D eigenvalue weighted by Gasteiger charge is 2.20. The van der Waals surface area contributed by atoms with Crippen molar-refractivity contribution in [2.75, 3.05) is 19.7 Å². The first-order valence-corrected chi connectivity index (χ1v) is 7.01. The Balaban J connectivity index is 2.60. The molecule has 20 heavy (non-hydrogen) atoms. The highest BCUT2D eigenvalue weighted by atomic mass is 16.3. The maximum Gasteiger partial charge on any atom is 0.239 e. The van der Waals surface area contributed by atoms with Crippen molar-refractivity contribution in [2.45, 2.75) is 32.2 Å². The van der Waals surface area contributed by atoms with Gasteiger partial charge < -0.3 is 20.8 Å². The van der Waals surface area contributed by atoms with Crippen LogP contribution in [0.25, 0.3) is 0 Å². The Hall–Kier alpha value is -1.59. The number of aliphatic hydroxyl groups is 1. The monoisotopic (exact) mass is 280 g/mol. The molecule has 1 atom stereocenters. The minimum absolute atomic E-state index is 0.0542. The average molecular weight is 280 g/mol. The number of carbonyl (C=O) groups is 1. The van der Waals surface area contributed by atoms with Crippen molar-refractivity contribution >= 4 is 5.91 Å². The Morgan fingerprint density at radius 3 is 2.50 bits per heavy atom. The number of carbonyl (C=O) groups excluding carboxylic acids is 1. The molecule has 0 aliphatic heterocycles. The van der Waals surface area contributed by atoms with Crippen molar-refractivity contribution < 1.29 is 15.0 Å². The van der Waals surface area contributed by atoms with Crippen LogP contribution in [-0.4, -0.2) is 46.8 Å². The van der Waals surface area contributed by atoms with E-state index in [1.807, 2.05) is 0 Å². The van der Waals surface area contributed by atoms with Gasteiger partial charge in [0.05, 0.1) is 12.6 Å². The molecule has 1 amide bonds. The summed E-state index contributed by atoms with van der Waals surface area (Å²) in [6.45, 7) is 2.95. The first-order chi connectivity index (χ1) is 9.58. The first-order valence-electron chi connectivity index (χ1n) is 7.01. The van der Waals surface area contributed by atoms with Crippen LogP contribution in [0.3, 0.4) is 0 Å². The maximum atomic E-state index is 12.3. The summed E-state index contributed by atoms with van der Waals surface area (Å²) in [5, 5.41) is 18.2. The number of unbranched alkanes of at least 4 members (excludes halogenated alkanes) is 1. The zero-order valence-electron chi connectivity index (χ0n) is 12.0. The summed E-state index contributed by atoms with van der Waals surface area (Å²) in [4.78, 5) is 13.9. The topological polar surface area (TPSA) is 86.8 Å². The Kier molecular flexibility index (Phi) is 7.04. The second-order valence-corrected chi connectivity index (χ2v) is 4.88. The zero-order valence-corrected chi connectivity index (χ0v) is 12.0. The number of phenolic OH excluding ortho intramolecular Hbond substituents is 1. The van der Waals surface area contributed by atoms with Gasteiger partial charge in [-0.25, -0.2) is 0 Å². The Morgan fingerprint density at radius 2 is 1.95 bits per heavy atom. The van der Waals surface area contributed by atoms with Crippen molar-refractivity contribution in [3.8, 4) is 5.75 Å². The van der Waals surface area contributed by atoms with E-state index in [1.165, 1.54) is 0 Å². The molecule has 1 aromatic carbocycles. The van der Waals surface area contributed by atoms with Crippen molar-refractivity contribution in [3.63, 3.8) is 0 Å². The van der Waals surface area contributed by atoms with Crippen LogP contribution in [0.5, 0.6) is 5.75 Å². The molecule has 0 bridgehead atoms. The molecule has 0 aromatic heterocycles. The molecule has 1 aromatic rings. The van der Waals surface area contributed by atoms with Crippen LogP contribution >= 0.6 is 0 Å². The predicted molar refractivity (Wildman–Crippen MR) is 78.4 cm³/mol. The molecular weight excluding hydrogens is 256 g/mol. The lowest BCUT2D eigenvalue weighted by Crippen LogP contribution is -2.46. The summed E-state index contributed by atoms with van der Waals surface area (Å²) >= 11 is 0. The van der Waals surface area contributed by atoms with Crippen LogP contribution in [0.4, 0.5) is 0 Å². The Bertz CT molecular complexity index is 406. The fourth-order valence-electron chi connectivity index (χ4n) is 2.01. The molecule has 0 spiro atoms. The van der Waals surface area contributed by atoms with Gasteiger partial charge >= 0.3 is 0 Å². The standard InChI is InChI=1S/C15H24N2O3/c1-2-3-8-17(9-10-18)15(20)14(16)11-12-4-6-13(19)7-5-12/h4-7,14,18-19H,2-3,8-11,16H2,1H3/t14-/m1/s1. The molecule has 0 heterocycles. The van der Waals surface area contributed by atoms with Crippen molar-refractivity contribution in [2.24, 2.45) is 5.73 Å². The number of amides is 1. The van der Waals surface area contributed by atoms with Gasteiger partial charge in [-0.2, -0.15) is 0 Å². The maximum absolute atomic E-state index is 12.3. The molecule has 0 fully saturated rings. The molecule has 5 nitrogen and oxygen atoms in total. The van der Waals surface area contributed by atoms with E-state index in [4.69, 9.17) is 10.8 Å². The van der Waals surface area contributed by atoms with E-state index >= 15 is 0 Å². The summed E-state index contributed by atoms with van der Waals surface area (Å²) in [7, 11) is 0. The number of nitrogens with zero attached hydrogens (tertiary/aromatic N) is 1. The minimum atomic E-state index is -0.622. The third kappa shape index (κ3) is 5.19. The van der Waals surface area contributed by atoms with Crippen LogP contribution in [0.15, 0.2) is 24.3 Å². The van der Waals surface area contributed by atoms with Crippen LogP contribution in [0, 0.1) is 0 Å². The molecule has 112 valence electrons. The van der Waals surface area contributed by atoms with Gasteiger partial charge in [-0.3, -0.25) is 4.79 Å². The van der Waals surface area contributed by atoms with Crippen LogP contribution in [-0.2, 0) is 11.2 Å². The molecule has 4 N–H and O–H groups in total. The van der Waals surface area contributed by atoms with Gasteiger partial charge in [-0.05, 0) is 30.5 Å². The summed E-state index contributed by atoms with van der Waals surface area (Å²) in [6.07, 6.45) is 2.31. The lowest BCUT2D eigenvalue weighted by atomic mass is 10.1. The minimum Gasteiger partial charge on any atom is -0.508 e. The zero-order chi connectivity index (χ0) is 15.0. The SMILES string of the molecule is CCCCN(CCO)C(=O)[C@H](N)Cc1ccc(O)cc1. The Morgan fingerprint density at radius 1 is 1.30 bits per heavy atom. The fraction of sp³-hybridized carbons (Fsp3) is 0.533.